The molecule has 1 heterocycles. The summed E-state index contributed by atoms with van der Waals surface area (Å²) in [7, 11) is 1.63. The van der Waals surface area contributed by atoms with Gasteiger partial charge in [0.2, 0.25) is 5.91 Å². The maximum atomic E-state index is 11.2. The van der Waals surface area contributed by atoms with Gasteiger partial charge in [-0.15, -0.1) is 0 Å². The molecule has 6 heteroatoms. The molecule has 0 bridgehead atoms. The highest BCUT2D eigenvalue weighted by molar-refractivity contribution is 6.12. The molecular weight excluding hydrogens is 234 g/mol. The Bertz CT molecular complexity index is 321. The standard InChI is InChI=1S/C11H17N3O3.CH4/c1-12-13-9(15)5-3-2-4-8-14-10(16)6-7-11(14)17;/h6-7,12H,2-5,8H2,1H3,(H,13,15);1H4. The quantitative estimate of drug-likeness (QED) is 0.391. The van der Waals surface area contributed by atoms with Crippen molar-refractivity contribution in [1.29, 1.82) is 0 Å². The normalized spacial score (nSPS) is 13.7. The minimum absolute atomic E-state index is 0. The van der Waals surface area contributed by atoms with Gasteiger partial charge < -0.3 is 0 Å². The second-order valence-corrected chi connectivity index (χ2v) is 3.77. The first-order chi connectivity index (χ1) is 8.15. The van der Waals surface area contributed by atoms with Crippen molar-refractivity contribution in [3.63, 3.8) is 0 Å². The van der Waals surface area contributed by atoms with Gasteiger partial charge in [0.1, 0.15) is 0 Å². The molecule has 0 radical (unpaired) electrons. The lowest BCUT2D eigenvalue weighted by molar-refractivity contribution is -0.137. The van der Waals surface area contributed by atoms with E-state index >= 15 is 0 Å². The Morgan fingerprint density at radius 1 is 1.17 bits per heavy atom. The number of hydrogen-bond acceptors (Lipinski definition) is 4. The van der Waals surface area contributed by atoms with Gasteiger partial charge in [0.05, 0.1) is 0 Å². The molecule has 0 aromatic rings. The average Bonchev–Trinajstić information content (AvgIpc) is 2.60. The summed E-state index contributed by atoms with van der Waals surface area (Å²) < 4.78 is 0. The van der Waals surface area contributed by atoms with Crippen LogP contribution in [0.3, 0.4) is 0 Å². The van der Waals surface area contributed by atoms with Gasteiger partial charge in [-0.2, -0.15) is 0 Å². The number of nitrogens with zero attached hydrogens (tertiary/aromatic N) is 1. The maximum absolute atomic E-state index is 11.2. The summed E-state index contributed by atoms with van der Waals surface area (Å²) >= 11 is 0. The predicted octanol–water partition coefficient (Wildman–Crippen LogP) is 0.358. The average molecular weight is 255 g/mol. The fourth-order valence-corrected chi connectivity index (χ4v) is 1.59. The van der Waals surface area contributed by atoms with Crippen LogP contribution in [0.5, 0.6) is 0 Å². The van der Waals surface area contributed by atoms with E-state index in [1.165, 1.54) is 17.1 Å². The summed E-state index contributed by atoms with van der Waals surface area (Å²) in [5.41, 5.74) is 5.03. The molecule has 3 amide bonds. The van der Waals surface area contributed by atoms with Gasteiger partial charge in [-0.1, -0.05) is 13.8 Å². The molecule has 0 spiro atoms. The smallest absolute Gasteiger partial charge is 0.253 e. The molecule has 1 rings (SSSR count). The largest absolute Gasteiger partial charge is 0.292 e. The van der Waals surface area contributed by atoms with Crippen LogP contribution < -0.4 is 10.9 Å². The number of carbonyl (C=O) groups excluding carboxylic acids is 3. The van der Waals surface area contributed by atoms with Crippen LogP contribution in [0.1, 0.15) is 33.1 Å². The Morgan fingerprint density at radius 2 is 1.78 bits per heavy atom. The molecule has 1 aliphatic rings. The maximum Gasteiger partial charge on any atom is 0.253 e. The molecule has 0 aromatic carbocycles. The monoisotopic (exact) mass is 255 g/mol. The lowest BCUT2D eigenvalue weighted by Gasteiger charge is -2.12. The third-order valence-corrected chi connectivity index (χ3v) is 2.45. The highest BCUT2D eigenvalue weighted by Gasteiger charge is 2.22. The number of nitrogens with one attached hydrogen (secondary N) is 2. The zero-order chi connectivity index (χ0) is 12.7. The van der Waals surface area contributed by atoms with E-state index in [9.17, 15) is 14.4 Å². The van der Waals surface area contributed by atoms with Crippen molar-refractivity contribution < 1.29 is 14.4 Å². The Labute approximate surface area is 107 Å². The molecule has 0 saturated carbocycles. The first-order valence-corrected chi connectivity index (χ1v) is 5.64. The van der Waals surface area contributed by atoms with Crippen LogP contribution >= 0.6 is 0 Å². The van der Waals surface area contributed by atoms with Gasteiger partial charge in [-0.05, 0) is 12.8 Å². The van der Waals surface area contributed by atoms with Gasteiger partial charge in [0.25, 0.3) is 11.8 Å². The van der Waals surface area contributed by atoms with Gasteiger partial charge >= 0.3 is 0 Å². The van der Waals surface area contributed by atoms with Crippen LogP contribution in [0.4, 0.5) is 0 Å². The molecule has 18 heavy (non-hydrogen) atoms. The first kappa shape index (κ1) is 16.3. The van der Waals surface area contributed by atoms with Crippen molar-refractivity contribution in [2.75, 3.05) is 13.6 Å². The van der Waals surface area contributed by atoms with E-state index in [-0.39, 0.29) is 25.1 Å². The van der Waals surface area contributed by atoms with E-state index in [1.807, 2.05) is 0 Å². The van der Waals surface area contributed by atoms with Crippen molar-refractivity contribution in [3.05, 3.63) is 12.2 Å². The summed E-state index contributed by atoms with van der Waals surface area (Å²) in [6.07, 6.45) is 5.30. The number of amides is 3. The number of carbonyl (C=O) groups is 3. The Hall–Kier alpha value is -1.69. The summed E-state index contributed by atoms with van der Waals surface area (Å²) in [4.78, 5) is 34.7. The molecule has 0 saturated heterocycles. The lowest BCUT2D eigenvalue weighted by atomic mass is 10.2. The number of unbranched alkanes of at least 4 members (excludes halogenated alkanes) is 2. The zero-order valence-corrected chi connectivity index (χ0v) is 9.86. The van der Waals surface area contributed by atoms with E-state index < -0.39 is 0 Å². The summed E-state index contributed by atoms with van der Waals surface area (Å²) in [6, 6.07) is 0. The third kappa shape index (κ3) is 5.09. The van der Waals surface area contributed by atoms with Crippen molar-refractivity contribution in [1.82, 2.24) is 15.8 Å². The van der Waals surface area contributed by atoms with Crippen LogP contribution in [0.15, 0.2) is 12.2 Å². The second-order valence-electron chi connectivity index (χ2n) is 3.77. The topological polar surface area (TPSA) is 78.5 Å². The van der Waals surface area contributed by atoms with E-state index in [0.717, 1.165) is 19.3 Å². The Morgan fingerprint density at radius 3 is 2.33 bits per heavy atom. The minimum Gasteiger partial charge on any atom is -0.292 e. The third-order valence-electron chi connectivity index (χ3n) is 2.45. The van der Waals surface area contributed by atoms with Crippen molar-refractivity contribution in [2.45, 2.75) is 33.1 Å². The molecule has 0 atom stereocenters. The predicted molar refractivity (Wildman–Crippen MR) is 68.3 cm³/mol. The number of rotatable bonds is 7. The number of imide groups is 1. The molecule has 6 nitrogen and oxygen atoms in total. The van der Waals surface area contributed by atoms with Crippen molar-refractivity contribution >= 4 is 17.7 Å². The van der Waals surface area contributed by atoms with Crippen molar-refractivity contribution in [3.8, 4) is 0 Å². The van der Waals surface area contributed by atoms with Crippen molar-refractivity contribution in [2.24, 2.45) is 0 Å². The molecule has 0 fully saturated rings. The molecule has 0 unspecified atom stereocenters. The second kappa shape index (κ2) is 8.41. The summed E-state index contributed by atoms with van der Waals surface area (Å²) in [5.74, 6) is -0.548. The highest BCUT2D eigenvalue weighted by Crippen LogP contribution is 2.07. The van der Waals surface area contributed by atoms with E-state index in [2.05, 4.69) is 10.9 Å². The fourth-order valence-electron chi connectivity index (χ4n) is 1.59. The fraction of sp³-hybridized carbons (Fsp3) is 0.583. The van der Waals surface area contributed by atoms with E-state index in [0.29, 0.717) is 13.0 Å². The SMILES string of the molecule is C.CNNC(=O)CCCCCN1C(=O)C=CC1=O. The van der Waals surface area contributed by atoms with Gasteiger partial charge in [-0.3, -0.25) is 24.7 Å². The van der Waals surface area contributed by atoms with Crippen LogP contribution in [-0.4, -0.2) is 36.2 Å². The molecule has 102 valence electrons. The first-order valence-electron chi connectivity index (χ1n) is 5.64. The number of hydrazine groups is 1. The van der Waals surface area contributed by atoms with Gasteiger partial charge in [-0.25, -0.2) is 5.43 Å². The van der Waals surface area contributed by atoms with E-state index in [4.69, 9.17) is 0 Å². The summed E-state index contributed by atoms with van der Waals surface area (Å²) in [5, 5.41) is 0. The lowest BCUT2D eigenvalue weighted by Crippen LogP contribution is -2.34. The minimum atomic E-state index is -0.247. The molecule has 1 aliphatic heterocycles. The van der Waals surface area contributed by atoms with Gasteiger partial charge in [0.15, 0.2) is 0 Å². The Kier molecular flexibility index (Phi) is 7.62. The highest BCUT2D eigenvalue weighted by atomic mass is 16.2. The van der Waals surface area contributed by atoms with Crippen LogP contribution in [0, 0.1) is 0 Å². The van der Waals surface area contributed by atoms with Crippen LogP contribution in [-0.2, 0) is 14.4 Å². The summed E-state index contributed by atoms with van der Waals surface area (Å²) in [6.45, 7) is 0.429. The molecule has 0 aliphatic carbocycles. The van der Waals surface area contributed by atoms with Gasteiger partial charge in [0, 0.05) is 32.2 Å². The van der Waals surface area contributed by atoms with E-state index in [1.54, 1.807) is 7.05 Å². The Balaban J connectivity index is 0.00000289. The molecule has 0 aromatic heterocycles. The number of hydrogen-bond donors (Lipinski definition) is 2. The molecular formula is C12H21N3O3. The van der Waals surface area contributed by atoms with Crippen LogP contribution in [0.25, 0.3) is 0 Å². The van der Waals surface area contributed by atoms with Crippen LogP contribution in [0.2, 0.25) is 0 Å². The molecule has 2 N–H and O–H groups in total. The zero-order valence-electron chi connectivity index (χ0n) is 9.86.